The lowest BCUT2D eigenvalue weighted by molar-refractivity contribution is -0.360. The number of carbonyl (C=O) groups excluding carboxylic acids is 1. The van der Waals surface area contributed by atoms with Crippen molar-refractivity contribution in [1.82, 2.24) is 4.98 Å². The fourth-order valence-corrected chi connectivity index (χ4v) is 3.08. The first-order valence-corrected chi connectivity index (χ1v) is 9.15. The SMILES string of the molecule is CCOc1cccc(-c2cc(C(=O)Nc3cccc[nH+]3)c3ccccc3n2)c1. The van der Waals surface area contributed by atoms with E-state index in [2.05, 4.69) is 10.3 Å². The molecule has 0 spiro atoms. The second-order valence-corrected chi connectivity index (χ2v) is 6.26. The number of rotatable bonds is 5. The number of nitrogens with one attached hydrogen (secondary N) is 2. The second kappa shape index (κ2) is 7.88. The lowest BCUT2D eigenvalue weighted by atomic mass is 10.0. The minimum Gasteiger partial charge on any atom is -0.494 e. The van der Waals surface area contributed by atoms with Gasteiger partial charge in [-0.3, -0.25) is 0 Å². The molecule has 0 unspecified atom stereocenters. The maximum absolute atomic E-state index is 13.0. The fraction of sp³-hybridized carbons (Fsp3) is 0.0870. The van der Waals surface area contributed by atoms with Gasteiger partial charge in [-0.1, -0.05) is 36.4 Å². The number of hydrogen-bond donors (Lipinski definition) is 1. The summed E-state index contributed by atoms with van der Waals surface area (Å²) in [6, 6.07) is 22.8. The number of nitrogens with zero attached hydrogens (tertiary/aromatic N) is 1. The molecule has 1 amide bonds. The monoisotopic (exact) mass is 370 g/mol. The molecule has 0 bridgehead atoms. The first kappa shape index (κ1) is 17.7. The predicted octanol–water partition coefficient (Wildman–Crippen LogP) is 4.37. The molecule has 2 aromatic carbocycles. The van der Waals surface area contributed by atoms with Crippen LogP contribution in [0.1, 0.15) is 17.3 Å². The van der Waals surface area contributed by atoms with E-state index in [0.717, 1.165) is 27.9 Å². The van der Waals surface area contributed by atoms with E-state index in [1.165, 1.54) is 0 Å². The second-order valence-electron chi connectivity index (χ2n) is 6.26. The van der Waals surface area contributed by atoms with Gasteiger partial charge < -0.3 is 4.74 Å². The Morgan fingerprint density at radius 3 is 2.71 bits per heavy atom. The number of aromatic amines is 1. The lowest BCUT2D eigenvalue weighted by Gasteiger charge is -2.09. The summed E-state index contributed by atoms with van der Waals surface area (Å²) in [5.74, 6) is 1.22. The van der Waals surface area contributed by atoms with Crippen LogP contribution in [0.3, 0.4) is 0 Å². The van der Waals surface area contributed by atoms with Crippen LogP contribution in [0.4, 0.5) is 5.82 Å². The largest absolute Gasteiger partial charge is 0.494 e. The zero-order valence-corrected chi connectivity index (χ0v) is 15.5. The van der Waals surface area contributed by atoms with Crippen molar-refractivity contribution in [3.05, 3.63) is 84.6 Å². The van der Waals surface area contributed by atoms with Gasteiger partial charge in [-0.25, -0.2) is 20.1 Å². The number of benzene rings is 2. The molecule has 28 heavy (non-hydrogen) atoms. The number of carbonyl (C=O) groups is 1. The van der Waals surface area contributed by atoms with E-state index in [9.17, 15) is 4.79 Å². The summed E-state index contributed by atoms with van der Waals surface area (Å²) < 4.78 is 5.60. The lowest BCUT2D eigenvalue weighted by Crippen LogP contribution is -2.19. The highest BCUT2D eigenvalue weighted by molar-refractivity contribution is 6.12. The Balaban J connectivity index is 1.79. The summed E-state index contributed by atoms with van der Waals surface area (Å²) in [7, 11) is 0. The smallest absolute Gasteiger partial charge is 0.339 e. The maximum Gasteiger partial charge on any atom is 0.339 e. The van der Waals surface area contributed by atoms with Crippen LogP contribution < -0.4 is 15.0 Å². The molecular weight excluding hydrogens is 350 g/mol. The van der Waals surface area contributed by atoms with Gasteiger partial charge in [0, 0.05) is 17.0 Å². The molecule has 0 aliphatic carbocycles. The molecule has 2 N–H and O–H groups in total. The van der Waals surface area contributed by atoms with E-state index in [-0.39, 0.29) is 5.91 Å². The van der Waals surface area contributed by atoms with Gasteiger partial charge >= 0.3 is 5.91 Å². The minimum absolute atomic E-state index is 0.191. The quantitative estimate of drug-likeness (QED) is 0.567. The van der Waals surface area contributed by atoms with Crippen LogP contribution in [0, 0.1) is 0 Å². The van der Waals surface area contributed by atoms with Crippen molar-refractivity contribution in [3.8, 4) is 17.0 Å². The van der Waals surface area contributed by atoms with E-state index < -0.39 is 0 Å². The van der Waals surface area contributed by atoms with E-state index >= 15 is 0 Å². The van der Waals surface area contributed by atoms with Crippen LogP contribution in [0.15, 0.2) is 79.0 Å². The topological polar surface area (TPSA) is 65.4 Å². The van der Waals surface area contributed by atoms with Crippen LogP contribution in [-0.2, 0) is 0 Å². The molecule has 2 heterocycles. The van der Waals surface area contributed by atoms with Gasteiger partial charge in [0.1, 0.15) is 5.75 Å². The van der Waals surface area contributed by atoms with Crippen LogP contribution in [-0.4, -0.2) is 17.5 Å². The molecule has 2 aromatic heterocycles. The Labute approximate surface area is 163 Å². The summed E-state index contributed by atoms with van der Waals surface area (Å²) in [4.78, 5) is 20.8. The van der Waals surface area contributed by atoms with Crippen LogP contribution >= 0.6 is 0 Å². The molecule has 5 heteroatoms. The zero-order valence-electron chi connectivity index (χ0n) is 15.5. The van der Waals surface area contributed by atoms with Crippen molar-refractivity contribution in [2.75, 3.05) is 11.9 Å². The Hall–Kier alpha value is -3.73. The Bertz CT molecular complexity index is 1130. The summed E-state index contributed by atoms with van der Waals surface area (Å²) in [5, 5.41) is 3.72. The molecule has 0 saturated heterocycles. The minimum atomic E-state index is -0.191. The van der Waals surface area contributed by atoms with Gasteiger partial charge in [-0.2, -0.15) is 0 Å². The third kappa shape index (κ3) is 3.69. The average molecular weight is 370 g/mol. The molecular formula is C23H20N3O2+. The van der Waals surface area contributed by atoms with Crippen molar-refractivity contribution >= 4 is 22.6 Å². The first-order valence-electron chi connectivity index (χ1n) is 9.15. The molecule has 4 rings (SSSR count). The predicted molar refractivity (Wildman–Crippen MR) is 109 cm³/mol. The summed E-state index contributed by atoms with van der Waals surface area (Å²) >= 11 is 0. The highest BCUT2D eigenvalue weighted by Crippen LogP contribution is 2.27. The first-order chi connectivity index (χ1) is 13.7. The molecule has 0 aliphatic rings. The van der Waals surface area contributed by atoms with Crippen LogP contribution in [0.5, 0.6) is 5.75 Å². The number of ether oxygens (including phenoxy) is 1. The third-order valence-corrected chi connectivity index (χ3v) is 4.36. The number of H-pyrrole nitrogens is 1. The fourth-order valence-electron chi connectivity index (χ4n) is 3.08. The highest BCUT2D eigenvalue weighted by atomic mass is 16.5. The van der Waals surface area contributed by atoms with Gasteiger partial charge in [-0.05, 0) is 37.3 Å². The normalized spacial score (nSPS) is 10.6. The number of aromatic nitrogens is 2. The van der Waals surface area contributed by atoms with Crippen molar-refractivity contribution in [2.24, 2.45) is 0 Å². The van der Waals surface area contributed by atoms with Gasteiger partial charge in [0.05, 0.1) is 29.6 Å². The van der Waals surface area contributed by atoms with Crippen molar-refractivity contribution in [3.63, 3.8) is 0 Å². The van der Waals surface area contributed by atoms with Gasteiger partial charge in [0.25, 0.3) is 5.82 Å². The number of anilines is 1. The number of para-hydroxylation sites is 1. The number of hydrogen-bond acceptors (Lipinski definition) is 3. The molecule has 5 nitrogen and oxygen atoms in total. The summed E-state index contributed by atoms with van der Waals surface area (Å²) in [5.41, 5.74) is 2.96. The number of fused-ring (bicyclic) bond motifs is 1. The van der Waals surface area contributed by atoms with E-state index in [1.807, 2.05) is 79.7 Å². The molecule has 0 saturated carbocycles. The van der Waals surface area contributed by atoms with Crippen LogP contribution in [0.2, 0.25) is 0 Å². The molecule has 0 fully saturated rings. The molecule has 0 atom stereocenters. The van der Waals surface area contributed by atoms with Crippen molar-refractivity contribution in [1.29, 1.82) is 0 Å². The summed E-state index contributed by atoms with van der Waals surface area (Å²) in [6.07, 6.45) is 1.77. The molecule has 4 aromatic rings. The standard InChI is InChI=1S/C23H19N3O2/c1-2-28-17-9-7-8-16(14-17)21-15-19(18-10-3-4-11-20(18)25-21)23(27)26-22-12-5-6-13-24-22/h3-15H,2H2,1H3,(H,24,26,27)/p+1. The third-order valence-electron chi connectivity index (χ3n) is 4.36. The van der Waals surface area contributed by atoms with Gasteiger partial charge in [-0.15, -0.1) is 0 Å². The van der Waals surface area contributed by atoms with Crippen molar-refractivity contribution in [2.45, 2.75) is 6.92 Å². The molecule has 0 aliphatic heterocycles. The maximum atomic E-state index is 13.0. The Kier molecular flexibility index (Phi) is 4.97. The van der Waals surface area contributed by atoms with E-state index in [4.69, 9.17) is 9.72 Å². The Morgan fingerprint density at radius 2 is 1.89 bits per heavy atom. The van der Waals surface area contributed by atoms with E-state index in [1.54, 1.807) is 6.20 Å². The number of pyridine rings is 2. The Morgan fingerprint density at radius 1 is 1.04 bits per heavy atom. The van der Waals surface area contributed by atoms with Gasteiger partial charge in [0.2, 0.25) is 0 Å². The van der Waals surface area contributed by atoms with Crippen molar-refractivity contribution < 1.29 is 14.5 Å². The molecule has 0 radical (unpaired) electrons. The number of amides is 1. The van der Waals surface area contributed by atoms with E-state index in [0.29, 0.717) is 18.0 Å². The highest BCUT2D eigenvalue weighted by Gasteiger charge is 2.18. The van der Waals surface area contributed by atoms with Crippen LogP contribution in [0.25, 0.3) is 22.2 Å². The van der Waals surface area contributed by atoms with Gasteiger partial charge in [0.15, 0.2) is 0 Å². The molecule has 138 valence electrons. The summed E-state index contributed by atoms with van der Waals surface area (Å²) in [6.45, 7) is 2.54. The zero-order chi connectivity index (χ0) is 19.3. The average Bonchev–Trinajstić information content (AvgIpc) is 2.74.